The second-order valence-corrected chi connectivity index (χ2v) is 7.30. The minimum Gasteiger partial charge on any atom is -0.455 e. The maximum absolute atomic E-state index is 6.39. The number of hydrogen-bond donors (Lipinski definition) is 0. The van der Waals surface area contributed by atoms with E-state index in [4.69, 9.17) is 4.42 Å². The van der Waals surface area contributed by atoms with Crippen molar-refractivity contribution in [3.05, 3.63) is 65.4 Å². The lowest BCUT2D eigenvalue weighted by molar-refractivity contribution is -0.660. The summed E-state index contributed by atoms with van der Waals surface area (Å²) in [7, 11) is 2.10. The zero-order valence-corrected chi connectivity index (χ0v) is 15.6. The lowest BCUT2D eigenvalue weighted by atomic mass is 9.97. The fourth-order valence-corrected chi connectivity index (χ4v) is 3.61. The van der Waals surface area contributed by atoms with Crippen molar-refractivity contribution in [2.24, 2.45) is 7.05 Å². The Bertz CT molecular complexity index is 1100. The van der Waals surface area contributed by atoms with Crippen molar-refractivity contribution in [3.8, 4) is 11.3 Å². The first-order chi connectivity index (χ1) is 12.0. The van der Waals surface area contributed by atoms with Gasteiger partial charge in [0.25, 0.3) is 0 Å². The molecule has 2 nitrogen and oxygen atoms in total. The molecule has 0 saturated heterocycles. The molecule has 0 saturated carbocycles. The lowest BCUT2D eigenvalue weighted by Crippen LogP contribution is -2.31. The molecule has 4 rings (SSSR count). The van der Waals surface area contributed by atoms with Gasteiger partial charge in [-0.1, -0.05) is 44.2 Å². The summed E-state index contributed by atoms with van der Waals surface area (Å²) in [5.41, 5.74) is 8.13. The normalized spacial score (nSPS) is 11.8. The number of para-hydroxylation sites is 1. The molecule has 2 aromatic carbocycles. The highest BCUT2D eigenvalue weighted by Gasteiger charge is 2.21. The molecule has 0 fully saturated rings. The van der Waals surface area contributed by atoms with Crippen molar-refractivity contribution in [2.45, 2.75) is 33.6 Å². The van der Waals surface area contributed by atoms with Crippen LogP contribution in [-0.4, -0.2) is 0 Å². The number of pyridine rings is 1. The highest BCUT2D eigenvalue weighted by atomic mass is 16.3. The van der Waals surface area contributed by atoms with Gasteiger partial charge in [-0.25, -0.2) is 4.57 Å². The number of nitrogens with zero attached hydrogens (tertiary/aromatic N) is 1. The summed E-state index contributed by atoms with van der Waals surface area (Å²) in [4.78, 5) is 0. The Morgan fingerprint density at radius 1 is 0.880 bits per heavy atom. The Morgan fingerprint density at radius 3 is 2.40 bits per heavy atom. The van der Waals surface area contributed by atoms with Crippen LogP contribution in [0.25, 0.3) is 33.2 Å². The molecule has 0 atom stereocenters. The van der Waals surface area contributed by atoms with E-state index < -0.39 is 0 Å². The first kappa shape index (κ1) is 15.9. The maximum atomic E-state index is 6.39. The minimum atomic E-state index is 0.498. The molecule has 4 aromatic rings. The predicted octanol–water partition coefficient (Wildman–Crippen LogP) is 5.82. The van der Waals surface area contributed by atoms with Crippen molar-refractivity contribution in [1.29, 1.82) is 0 Å². The zero-order chi connectivity index (χ0) is 17.7. The minimum absolute atomic E-state index is 0.498. The van der Waals surface area contributed by atoms with E-state index in [2.05, 4.69) is 88.0 Å². The van der Waals surface area contributed by atoms with E-state index in [-0.39, 0.29) is 0 Å². The Hall–Kier alpha value is -2.61. The van der Waals surface area contributed by atoms with Gasteiger partial charge in [0, 0.05) is 22.9 Å². The fourth-order valence-electron chi connectivity index (χ4n) is 3.61. The Balaban J connectivity index is 2.12. The van der Waals surface area contributed by atoms with Crippen LogP contribution in [0.4, 0.5) is 0 Å². The summed E-state index contributed by atoms with van der Waals surface area (Å²) >= 11 is 0. The fraction of sp³-hybridized carbons (Fsp3) is 0.261. The van der Waals surface area contributed by atoms with E-state index in [1.54, 1.807) is 0 Å². The molecule has 0 N–H and O–H groups in total. The standard InChI is InChI=1S/C23H24NO/c1-14(2)17-11-12-24(5)20(13-17)21-15(3)9-10-19-18-8-6-7-16(4)22(18)25-23(19)21/h6-14H,1-5H3/q+1. The van der Waals surface area contributed by atoms with Gasteiger partial charge < -0.3 is 4.42 Å². The molecule has 0 aliphatic rings. The molecule has 126 valence electrons. The molecular formula is C23H24NO+. The summed E-state index contributed by atoms with van der Waals surface area (Å²) < 4.78 is 8.58. The monoisotopic (exact) mass is 330 g/mol. The number of benzene rings is 2. The average molecular weight is 330 g/mol. The lowest BCUT2D eigenvalue weighted by Gasteiger charge is -2.09. The van der Waals surface area contributed by atoms with E-state index in [0.29, 0.717) is 5.92 Å². The van der Waals surface area contributed by atoms with Crippen LogP contribution in [-0.2, 0) is 7.05 Å². The highest BCUT2D eigenvalue weighted by molar-refractivity contribution is 6.10. The second-order valence-electron chi connectivity index (χ2n) is 7.30. The molecule has 2 heterocycles. The molecule has 0 aliphatic carbocycles. The summed E-state index contributed by atoms with van der Waals surface area (Å²) in [5.74, 6) is 0.498. The molecule has 0 amide bonds. The van der Waals surface area contributed by atoms with Crippen LogP contribution in [0.5, 0.6) is 0 Å². The van der Waals surface area contributed by atoms with Gasteiger partial charge in [0.05, 0.1) is 5.56 Å². The van der Waals surface area contributed by atoms with Crippen LogP contribution in [0.2, 0.25) is 0 Å². The Kier molecular flexibility index (Phi) is 3.64. The molecular weight excluding hydrogens is 306 g/mol. The number of rotatable bonds is 2. The summed E-state index contributed by atoms with van der Waals surface area (Å²) in [6, 6.07) is 15.3. The van der Waals surface area contributed by atoms with Gasteiger partial charge in [0.2, 0.25) is 5.69 Å². The third-order valence-corrected chi connectivity index (χ3v) is 5.17. The van der Waals surface area contributed by atoms with Crippen LogP contribution in [0.1, 0.15) is 36.5 Å². The van der Waals surface area contributed by atoms with Crippen LogP contribution in [0, 0.1) is 13.8 Å². The molecule has 25 heavy (non-hydrogen) atoms. The van der Waals surface area contributed by atoms with Gasteiger partial charge in [0.15, 0.2) is 6.20 Å². The van der Waals surface area contributed by atoms with Crippen molar-refractivity contribution < 1.29 is 8.98 Å². The first-order valence-corrected chi connectivity index (χ1v) is 8.88. The number of aryl methyl sites for hydroxylation is 3. The topological polar surface area (TPSA) is 17.0 Å². The molecule has 0 aliphatic heterocycles. The van der Waals surface area contributed by atoms with Crippen LogP contribution in [0.15, 0.2) is 53.1 Å². The van der Waals surface area contributed by atoms with Crippen LogP contribution >= 0.6 is 0 Å². The largest absolute Gasteiger partial charge is 0.455 e. The van der Waals surface area contributed by atoms with Gasteiger partial charge in [-0.2, -0.15) is 0 Å². The molecule has 0 unspecified atom stereocenters. The second kappa shape index (κ2) is 5.73. The van der Waals surface area contributed by atoms with Crippen molar-refractivity contribution in [3.63, 3.8) is 0 Å². The SMILES string of the molecule is Cc1ccc2c(oc3c(C)cccc32)c1-c1cc(C(C)C)cc[n+]1C. The molecule has 0 spiro atoms. The first-order valence-electron chi connectivity index (χ1n) is 8.88. The van der Waals surface area contributed by atoms with Crippen LogP contribution < -0.4 is 4.57 Å². The Morgan fingerprint density at radius 2 is 1.64 bits per heavy atom. The van der Waals surface area contributed by atoms with E-state index in [1.807, 2.05) is 0 Å². The predicted molar refractivity (Wildman–Crippen MR) is 104 cm³/mol. The number of aromatic nitrogens is 1. The van der Waals surface area contributed by atoms with Crippen LogP contribution in [0.3, 0.4) is 0 Å². The average Bonchev–Trinajstić information content (AvgIpc) is 2.95. The molecule has 2 heteroatoms. The van der Waals surface area contributed by atoms with Gasteiger partial charge in [0.1, 0.15) is 18.2 Å². The number of furan rings is 1. The van der Waals surface area contributed by atoms with Gasteiger partial charge >= 0.3 is 0 Å². The number of hydrogen-bond acceptors (Lipinski definition) is 1. The maximum Gasteiger partial charge on any atom is 0.216 e. The smallest absolute Gasteiger partial charge is 0.216 e. The van der Waals surface area contributed by atoms with Gasteiger partial charge in [-0.05, 0) is 36.5 Å². The molecule has 0 radical (unpaired) electrons. The third-order valence-electron chi connectivity index (χ3n) is 5.17. The summed E-state index contributed by atoms with van der Waals surface area (Å²) in [5, 5.41) is 2.38. The Labute approximate surface area is 148 Å². The van der Waals surface area contributed by atoms with E-state index in [9.17, 15) is 0 Å². The highest BCUT2D eigenvalue weighted by Crippen LogP contribution is 2.38. The third kappa shape index (κ3) is 2.44. The summed E-state index contributed by atoms with van der Waals surface area (Å²) in [6.07, 6.45) is 2.15. The number of fused-ring (bicyclic) bond motifs is 3. The van der Waals surface area contributed by atoms with Gasteiger partial charge in [-0.3, -0.25) is 0 Å². The van der Waals surface area contributed by atoms with E-state index in [1.165, 1.54) is 38.7 Å². The van der Waals surface area contributed by atoms with Crippen molar-refractivity contribution >= 4 is 21.9 Å². The molecule has 2 aromatic heterocycles. The zero-order valence-electron chi connectivity index (χ0n) is 15.6. The summed E-state index contributed by atoms with van der Waals surface area (Å²) in [6.45, 7) is 8.74. The quantitative estimate of drug-likeness (QED) is 0.423. The van der Waals surface area contributed by atoms with Crippen molar-refractivity contribution in [1.82, 2.24) is 0 Å². The van der Waals surface area contributed by atoms with Gasteiger partial charge in [-0.15, -0.1) is 0 Å². The van der Waals surface area contributed by atoms with E-state index in [0.717, 1.165) is 11.2 Å². The van der Waals surface area contributed by atoms with Crippen molar-refractivity contribution in [2.75, 3.05) is 0 Å². The van der Waals surface area contributed by atoms with E-state index >= 15 is 0 Å². The molecule has 0 bridgehead atoms.